The molecule has 2 N–H and O–H groups in total. The molecule has 0 amide bonds. The Balaban J connectivity index is 2.28. The summed E-state index contributed by atoms with van der Waals surface area (Å²) in [5.74, 6) is 1.55. The van der Waals surface area contributed by atoms with Crippen LogP contribution in [0.5, 0.6) is 0 Å². The number of hydrogen-bond acceptors (Lipinski definition) is 4. The molecule has 0 unspecified atom stereocenters. The van der Waals surface area contributed by atoms with Crippen molar-refractivity contribution in [1.82, 2.24) is 9.97 Å². The van der Waals surface area contributed by atoms with E-state index in [1.807, 2.05) is 24.3 Å². The van der Waals surface area contributed by atoms with Crippen LogP contribution < -0.4 is 10.6 Å². The summed E-state index contributed by atoms with van der Waals surface area (Å²) in [6.45, 7) is 7.29. The third-order valence-electron chi connectivity index (χ3n) is 3.05. The Morgan fingerprint density at radius 3 is 2.52 bits per heavy atom. The van der Waals surface area contributed by atoms with E-state index >= 15 is 0 Å². The van der Waals surface area contributed by atoms with Crippen molar-refractivity contribution in [3.05, 3.63) is 36.4 Å². The molecule has 2 aromatic rings. The highest BCUT2D eigenvalue weighted by Crippen LogP contribution is 2.21. The zero-order valence-electron chi connectivity index (χ0n) is 13.1. The van der Waals surface area contributed by atoms with E-state index in [0.717, 1.165) is 36.5 Å². The maximum Gasteiger partial charge on any atom is 0.225 e. The Kier molecular flexibility index (Phi) is 5.55. The minimum atomic E-state index is 0.340. The van der Waals surface area contributed by atoms with E-state index in [-0.39, 0.29) is 0 Å². The fraction of sp³-hybridized carbons (Fsp3) is 0.412. The molecule has 0 spiro atoms. The van der Waals surface area contributed by atoms with E-state index in [4.69, 9.17) is 0 Å². The van der Waals surface area contributed by atoms with E-state index in [2.05, 4.69) is 53.5 Å². The van der Waals surface area contributed by atoms with Crippen molar-refractivity contribution in [1.29, 1.82) is 0 Å². The first kappa shape index (κ1) is 15.3. The first-order valence-corrected chi connectivity index (χ1v) is 7.64. The molecule has 0 radical (unpaired) electrons. The van der Waals surface area contributed by atoms with Gasteiger partial charge in [-0.05, 0) is 20.3 Å². The van der Waals surface area contributed by atoms with Crippen molar-refractivity contribution in [2.24, 2.45) is 0 Å². The van der Waals surface area contributed by atoms with Crippen LogP contribution in [0, 0.1) is 0 Å². The number of nitrogens with one attached hydrogen (secondary N) is 2. The zero-order chi connectivity index (χ0) is 15.1. The van der Waals surface area contributed by atoms with Crippen molar-refractivity contribution in [2.75, 3.05) is 17.2 Å². The van der Waals surface area contributed by atoms with Crippen LogP contribution in [0.4, 0.5) is 11.8 Å². The Hall–Kier alpha value is -2.10. The van der Waals surface area contributed by atoms with E-state index in [1.165, 1.54) is 0 Å². The Morgan fingerprint density at radius 2 is 1.86 bits per heavy atom. The molecule has 0 aliphatic heterocycles. The summed E-state index contributed by atoms with van der Waals surface area (Å²) in [5.41, 5.74) is 2.04. The second kappa shape index (κ2) is 7.62. The molecule has 21 heavy (non-hydrogen) atoms. The summed E-state index contributed by atoms with van der Waals surface area (Å²) in [6.07, 6.45) is 2.27. The number of anilines is 2. The van der Waals surface area contributed by atoms with Gasteiger partial charge in [-0.25, -0.2) is 4.98 Å². The predicted octanol–water partition coefficient (Wildman–Crippen LogP) is 4.18. The van der Waals surface area contributed by atoms with E-state index < -0.39 is 0 Å². The van der Waals surface area contributed by atoms with Gasteiger partial charge in [0.1, 0.15) is 5.82 Å². The number of nitrogens with zero attached hydrogens (tertiary/aromatic N) is 2. The van der Waals surface area contributed by atoms with Gasteiger partial charge in [-0.1, -0.05) is 43.7 Å². The van der Waals surface area contributed by atoms with Crippen molar-refractivity contribution in [3.8, 4) is 11.3 Å². The lowest BCUT2D eigenvalue weighted by atomic mass is 10.1. The smallest absolute Gasteiger partial charge is 0.225 e. The maximum atomic E-state index is 4.62. The Bertz CT molecular complexity index is 552. The summed E-state index contributed by atoms with van der Waals surface area (Å²) < 4.78 is 0. The van der Waals surface area contributed by atoms with Crippen LogP contribution in [0.1, 0.15) is 33.6 Å². The normalized spacial score (nSPS) is 10.7. The van der Waals surface area contributed by atoms with Gasteiger partial charge in [-0.2, -0.15) is 4.98 Å². The Labute approximate surface area is 127 Å². The molecule has 112 valence electrons. The fourth-order valence-corrected chi connectivity index (χ4v) is 2.03. The van der Waals surface area contributed by atoms with Gasteiger partial charge >= 0.3 is 0 Å². The van der Waals surface area contributed by atoms with Crippen LogP contribution in [0.2, 0.25) is 0 Å². The van der Waals surface area contributed by atoms with E-state index in [9.17, 15) is 0 Å². The maximum absolute atomic E-state index is 4.62. The van der Waals surface area contributed by atoms with E-state index in [1.54, 1.807) is 0 Å². The lowest BCUT2D eigenvalue weighted by Crippen LogP contribution is -2.13. The lowest BCUT2D eigenvalue weighted by molar-refractivity contribution is 0.825. The molecule has 0 saturated heterocycles. The molecule has 4 heteroatoms. The van der Waals surface area contributed by atoms with E-state index in [0.29, 0.717) is 12.0 Å². The van der Waals surface area contributed by atoms with Gasteiger partial charge in [0, 0.05) is 24.2 Å². The van der Waals surface area contributed by atoms with Crippen LogP contribution in [-0.2, 0) is 0 Å². The average molecular weight is 284 g/mol. The van der Waals surface area contributed by atoms with Crippen LogP contribution in [0.3, 0.4) is 0 Å². The molecule has 1 heterocycles. The molecule has 0 aliphatic rings. The average Bonchev–Trinajstić information content (AvgIpc) is 2.47. The lowest BCUT2D eigenvalue weighted by Gasteiger charge is -2.13. The molecule has 0 fully saturated rings. The molecular weight excluding hydrogens is 260 g/mol. The molecule has 0 bridgehead atoms. The van der Waals surface area contributed by atoms with Crippen LogP contribution in [-0.4, -0.2) is 22.6 Å². The molecule has 0 saturated carbocycles. The third kappa shape index (κ3) is 4.74. The number of hydrogen-bond donors (Lipinski definition) is 2. The second-order valence-corrected chi connectivity index (χ2v) is 5.41. The van der Waals surface area contributed by atoms with Gasteiger partial charge in [-0.3, -0.25) is 0 Å². The quantitative estimate of drug-likeness (QED) is 0.749. The summed E-state index contributed by atoms with van der Waals surface area (Å²) in [4.78, 5) is 9.16. The summed E-state index contributed by atoms with van der Waals surface area (Å²) in [6, 6.07) is 12.5. The van der Waals surface area contributed by atoms with Gasteiger partial charge in [-0.15, -0.1) is 0 Å². The SMILES string of the molecule is CCCCNc1nc(NC(C)C)cc(-c2ccccc2)n1. The minimum absolute atomic E-state index is 0.340. The van der Waals surface area contributed by atoms with Gasteiger partial charge in [0.15, 0.2) is 0 Å². The topological polar surface area (TPSA) is 49.8 Å². The molecule has 1 aromatic heterocycles. The fourth-order valence-electron chi connectivity index (χ4n) is 2.03. The van der Waals surface area contributed by atoms with Gasteiger partial charge in [0.25, 0.3) is 0 Å². The molecular formula is C17H24N4. The third-order valence-corrected chi connectivity index (χ3v) is 3.05. The highest BCUT2D eigenvalue weighted by molar-refractivity contribution is 5.64. The zero-order valence-corrected chi connectivity index (χ0v) is 13.1. The van der Waals surface area contributed by atoms with Gasteiger partial charge < -0.3 is 10.6 Å². The number of unbranched alkanes of at least 4 members (excludes halogenated alkanes) is 1. The van der Waals surface area contributed by atoms with Gasteiger partial charge in [0.05, 0.1) is 5.69 Å². The Morgan fingerprint density at radius 1 is 1.10 bits per heavy atom. The van der Waals surface area contributed by atoms with Crippen molar-refractivity contribution >= 4 is 11.8 Å². The molecule has 4 nitrogen and oxygen atoms in total. The molecule has 0 aliphatic carbocycles. The molecule has 0 atom stereocenters. The summed E-state index contributed by atoms with van der Waals surface area (Å²) in [7, 11) is 0. The molecule has 2 rings (SSSR count). The largest absolute Gasteiger partial charge is 0.368 e. The van der Waals surface area contributed by atoms with Crippen molar-refractivity contribution in [3.63, 3.8) is 0 Å². The highest BCUT2D eigenvalue weighted by atomic mass is 15.1. The highest BCUT2D eigenvalue weighted by Gasteiger charge is 2.07. The van der Waals surface area contributed by atoms with Gasteiger partial charge in [0.2, 0.25) is 5.95 Å². The monoisotopic (exact) mass is 284 g/mol. The van der Waals surface area contributed by atoms with Crippen LogP contribution >= 0.6 is 0 Å². The summed E-state index contributed by atoms with van der Waals surface area (Å²) >= 11 is 0. The van der Waals surface area contributed by atoms with Crippen molar-refractivity contribution in [2.45, 2.75) is 39.7 Å². The number of aromatic nitrogens is 2. The minimum Gasteiger partial charge on any atom is -0.368 e. The van der Waals surface area contributed by atoms with Crippen molar-refractivity contribution < 1.29 is 0 Å². The van der Waals surface area contributed by atoms with Crippen LogP contribution in [0.25, 0.3) is 11.3 Å². The second-order valence-electron chi connectivity index (χ2n) is 5.41. The standard InChI is InChI=1S/C17H24N4/c1-4-5-11-18-17-20-15(14-9-7-6-8-10-14)12-16(21-17)19-13(2)3/h6-10,12-13H,4-5,11H2,1-3H3,(H2,18,19,20,21). The van der Waals surface area contributed by atoms with Crippen LogP contribution in [0.15, 0.2) is 36.4 Å². The first-order chi connectivity index (χ1) is 10.2. The predicted molar refractivity (Wildman–Crippen MR) is 89.6 cm³/mol. The first-order valence-electron chi connectivity index (χ1n) is 7.64. The number of rotatable bonds is 7. The summed E-state index contributed by atoms with van der Waals surface area (Å²) in [5, 5.41) is 6.66. The molecule has 1 aromatic carbocycles. The number of benzene rings is 1.